The molecule has 2 aliphatic heterocycles. The number of rotatable bonds is 2. The number of hydrogen-bond donors (Lipinski definition) is 1. The van der Waals surface area contributed by atoms with Gasteiger partial charge in [-0.25, -0.2) is 0 Å². The van der Waals surface area contributed by atoms with E-state index < -0.39 is 6.10 Å². The second-order valence-electron chi connectivity index (χ2n) is 4.99. The Morgan fingerprint density at radius 1 is 1.21 bits per heavy atom. The van der Waals surface area contributed by atoms with Gasteiger partial charge in [-0.1, -0.05) is 11.6 Å². The lowest BCUT2D eigenvalue weighted by atomic mass is 9.90. The average molecular weight is 285 g/mol. The average Bonchev–Trinajstić information content (AvgIpc) is 2.83. The van der Waals surface area contributed by atoms with E-state index in [1.165, 1.54) is 0 Å². The van der Waals surface area contributed by atoms with Crippen molar-refractivity contribution in [2.75, 3.05) is 19.8 Å². The minimum Gasteiger partial charge on any atom is -0.486 e. The number of halogens is 1. The molecule has 1 N–H and O–H groups in total. The molecular formula is C14H17ClO4. The van der Waals surface area contributed by atoms with Crippen LogP contribution < -0.4 is 9.47 Å². The molecular weight excluding hydrogens is 268 g/mol. The second-order valence-corrected chi connectivity index (χ2v) is 5.40. The van der Waals surface area contributed by atoms with E-state index in [2.05, 4.69) is 0 Å². The highest BCUT2D eigenvalue weighted by atomic mass is 35.5. The molecule has 1 aromatic rings. The zero-order valence-electron chi connectivity index (χ0n) is 10.8. The van der Waals surface area contributed by atoms with Crippen molar-refractivity contribution in [3.8, 4) is 11.5 Å². The van der Waals surface area contributed by atoms with Crippen LogP contribution in [0.3, 0.4) is 0 Å². The van der Waals surface area contributed by atoms with Crippen LogP contribution in [0.1, 0.15) is 25.0 Å². The van der Waals surface area contributed by atoms with Gasteiger partial charge < -0.3 is 19.3 Å². The largest absolute Gasteiger partial charge is 0.486 e. The van der Waals surface area contributed by atoms with Gasteiger partial charge in [-0.15, -0.1) is 0 Å². The lowest BCUT2D eigenvalue weighted by Crippen LogP contribution is -2.21. The lowest BCUT2D eigenvalue weighted by Gasteiger charge is -2.25. The van der Waals surface area contributed by atoms with Crippen LogP contribution in [-0.2, 0) is 4.74 Å². The van der Waals surface area contributed by atoms with Crippen molar-refractivity contribution in [2.45, 2.75) is 25.6 Å². The fourth-order valence-corrected chi connectivity index (χ4v) is 2.97. The second kappa shape index (κ2) is 5.19. The predicted molar refractivity (Wildman–Crippen MR) is 70.9 cm³/mol. The van der Waals surface area contributed by atoms with Crippen molar-refractivity contribution in [3.63, 3.8) is 0 Å². The van der Waals surface area contributed by atoms with Gasteiger partial charge in [-0.2, -0.15) is 0 Å². The molecule has 3 rings (SSSR count). The predicted octanol–water partition coefficient (Wildman–Crippen LogP) is 2.57. The summed E-state index contributed by atoms with van der Waals surface area (Å²) in [6.45, 7) is 3.71. The summed E-state index contributed by atoms with van der Waals surface area (Å²) in [5.41, 5.74) is 0.688. The van der Waals surface area contributed by atoms with Gasteiger partial charge in [0.25, 0.3) is 0 Å². The fourth-order valence-electron chi connectivity index (χ4n) is 2.70. The molecule has 104 valence electrons. The molecule has 0 spiro atoms. The van der Waals surface area contributed by atoms with Crippen LogP contribution in [0.15, 0.2) is 12.1 Å². The minimum atomic E-state index is -0.638. The highest BCUT2D eigenvalue weighted by molar-refractivity contribution is 6.31. The molecule has 3 unspecified atom stereocenters. The highest BCUT2D eigenvalue weighted by Gasteiger charge is 2.33. The Balaban J connectivity index is 1.91. The first kappa shape index (κ1) is 13.0. The molecule has 2 aliphatic rings. The molecule has 5 heteroatoms. The van der Waals surface area contributed by atoms with Crippen molar-refractivity contribution in [1.82, 2.24) is 0 Å². The quantitative estimate of drug-likeness (QED) is 0.907. The van der Waals surface area contributed by atoms with Gasteiger partial charge in [0.2, 0.25) is 0 Å². The van der Waals surface area contributed by atoms with E-state index >= 15 is 0 Å². The number of fused-ring (bicyclic) bond motifs is 1. The first-order valence-corrected chi connectivity index (χ1v) is 6.93. The monoisotopic (exact) mass is 284 g/mol. The maximum Gasteiger partial charge on any atom is 0.162 e. The Morgan fingerprint density at radius 3 is 2.53 bits per heavy atom. The van der Waals surface area contributed by atoms with Crippen LogP contribution >= 0.6 is 11.6 Å². The van der Waals surface area contributed by atoms with Crippen LogP contribution in [0.25, 0.3) is 0 Å². The van der Waals surface area contributed by atoms with Crippen LogP contribution in [0.2, 0.25) is 5.02 Å². The SMILES string of the molecule is CC1OCCC1C(O)c1cc2c(cc1Cl)OCCO2. The summed E-state index contributed by atoms with van der Waals surface area (Å²) < 4.78 is 16.5. The van der Waals surface area contributed by atoms with E-state index in [-0.39, 0.29) is 12.0 Å². The van der Waals surface area contributed by atoms with E-state index in [1.807, 2.05) is 6.92 Å². The zero-order chi connectivity index (χ0) is 13.4. The third-order valence-electron chi connectivity index (χ3n) is 3.82. The van der Waals surface area contributed by atoms with E-state index in [1.54, 1.807) is 12.1 Å². The van der Waals surface area contributed by atoms with Gasteiger partial charge in [-0.05, 0) is 19.4 Å². The normalized spacial score (nSPS) is 27.3. The summed E-state index contributed by atoms with van der Waals surface area (Å²) in [7, 11) is 0. The summed E-state index contributed by atoms with van der Waals surface area (Å²) in [5, 5.41) is 11.0. The standard InChI is InChI=1S/C14H17ClO4/c1-8-9(2-3-17-8)14(16)10-6-12-13(7-11(10)15)19-5-4-18-12/h6-9,14,16H,2-5H2,1H3. The molecule has 3 atom stereocenters. The van der Waals surface area contributed by atoms with Gasteiger partial charge in [0.15, 0.2) is 11.5 Å². The summed E-state index contributed by atoms with van der Waals surface area (Å²) >= 11 is 6.25. The van der Waals surface area contributed by atoms with Crippen molar-refractivity contribution in [1.29, 1.82) is 0 Å². The third kappa shape index (κ3) is 2.40. The summed E-state index contributed by atoms with van der Waals surface area (Å²) in [6.07, 6.45) is 0.243. The molecule has 1 saturated heterocycles. The number of aliphatic hydroxyl groups excluding tert-OH is 1. The van der Waals surface area contributed by atoms with Crippen LogP contribution in [0.5, 0.6) is 11.5 Å². The molecule has 0 saturated carbocycles. The molecule has 4 nitrogen and oxygen atoms in total. The molecule has 0 bridgehead atoms. The lowest BCUT2D eigenvalue weighted by molar-refractivity contribution is 0.0429. The van der Waals surface area contributed by atoms with E-state index in [0.717, 1.165) is 6.42 Å². The van der Waals surface area contributed by atoms with Gasteiger partial charge in [0.05, 0.1) is 17.2 Å². The first-order valence-electron chi connectivity index (χ1n) is 6.55. The van der Waals surface area contributed by atoms with Crippen molar-refractivity contribution in [2.24, 2.45) is 5.92 Å². The highest BCUT2D eigenvalue weighted by Crippen LogP contribution is 2.41. The Bertz CT molecular complexity index is 477. The maximum absolute atomic E-state index is 10.5. The number of aliphatic hydroxyl groups is 1. The first-order chi connectivity index (χ1) is 9.16. The molecule has 0 aliphatic carbocycles. The Hall–Kier alpha value is -0.970. The van der Waals surface area contributed by atoms with Gasteiger partial charge in [0.1, 0.15) is 13.2 Å². The third-order valence-corrected chi connectivity index (χ3v) is 4.15. The van der Waals surface area contributed by atoms with Crippen LogP contribution in [0, 0.1) is 5.92 Å². The molecule has 1 fully saturated rings. The minimum absolute atomic E-state index is 0.0410. The molecule has 0 aromatic heterocycles. The zero-order valence-corrected chi connectivity index (χ0v) is 11.5. The smallest absolute Gasteiger partial charge is 0.162 e. The molecule has 0 radical (unpaired) electrons. The van der Waals surface area contributed by atoms with Gasteiger partial charge in [0, 0.05) is 24.2 Å². The summed E-state index contributed by atoms with van der Waals surface area (Å²) in [6, 6.07) is 3.50. The molecule has 0 amide bonds. The van der Waals surface area contributed by atoms with Crippen molar-refractivity contribution < 1.29 is 19.3 Å². The van der Waals surface area contributed by atoms with E-state index in [9.17, 15) is 5.11 Å². The topological polar surface area (TPSA) is 47.9 Å². The van der Waals surface area contributed by atoms with Gasteiger partial charge in [-0.3, -0.25) is 0 Å². The number of benzene rings is 1. The van der Waals surface area contributed by atoms with E-state index in [4.69, 9.17) is 25.8 Å². The Morgan fingerprint density at radius 2 is 1.89 bits per heavy atom. The van der Waals surface area contributed by atoms with Gasteiger partial charge >= 0.3 is 0 Å². The molecule has 2 heterocycles. The molecule has 19 heavy (non-hydrogen) atoms. The fraction of sp³-hybridized carbons (Fsp3) is 0.571. The molecule has 1 aromatic carbocycles. The van der Waals surface area contributed by atoms with Crippen LogP contribution in [-0.4, -0.2) is 31.0 Å². The summed E-state index contributed by atoms with van der Waals surface area (Å²) in [5.74, 6) is 1.36. The van der Waals surface area contributed by atoms with Crippen molar-refractivity contribution >= 4 is 11.6 Å². The maximum atomic E-state index is 10.5. The van der Waals surface area contributed by atoms with Crippen LogP contribution in [0.4, 0.5) is 0 Å². The Kier molecular flexibility index (Phi) is 3.56. The van der Waals surface area contributed by atoms with Crippen molar-refractivity contribution in [3.05, 3.63) is 22.7 Å². The Labute approximate surface area is 117 Å². The van der Waals surface area contributed by atoms with E-state index in [0.29, 0.717) is 41.9 Å². The summed E-state index contributed by atoms with van der Waals surface area (Å²) in [4.78, 5) is 0. The number of ether oxygens (including phenoxy) is 3. The number of hydrogen-bond acceptors (Lipinski definition) is 4.